The van der Waals surface area contributed by atoms with Crippen molar-refractivity contribution in [3.05, 3.63) is 95.1 Å². The van der Waals surface area contributed by atoms with E-state index < -0.39 is 10.0 Å². The first kappa shape index (κ1) is 25.3. The SMILES string of the molecule is Cc1ccccc1OCCNC(=O)c1ccc(CN(c2ccc(C(C)C)cc2)S(C)(=O)=O)cc1. The summed E-state index contributed by atoms with van der Waals surface area (Å²) in [5.74, 6) is 0.966. The summed E-state index contributed by atoms with van der Waals surface area (Å²) >= 11 is 0. The van der Waals surface area contributed by atoms with Crippen molar-refractivity contribution >= 4 is 21.6 Å². The van der Waals surface area contributed by atoms with Crippen LogP contribution in [0.15, 0.2) is 72.8 Å². The van der Waals surface area contributed by atoms with Crippen molar-refractivity contribution in [2.45, 2.75) is 33.2 Å². The van der Waals surface area contributed by atoms with Gasteiger partial charge >= 0.3 is 0 Å². The van der Waals surface area contributed by atoms with E-state index >= 15 is 0 Å². The number of hydrogen-bond donors (Lipinski definition) is 1. The number of carbonyl (C=O) groups excluding carboxylic acids is 1. The maximum atomic E-state index is 12.5. The first-order valence-corrected chi connectivity index (χ1v) is 13.1. The smallest absolute Gasteiger partial charge is 0.251 e. The molecule has 34 heavy (non-hydrogen) atoms. The van der Waals surface area contributed by atoms with Crippen LogP contribution in [0.2, 0.25) is 0 Å². The maximum absolute atomic E-state index is 12.5. The Labute approximate surface area is 202 Å². The van der Waals surface area contributed by atoms with Gasteiger partial charge in [0, 0.05) is 5.56 Å². The number of para-hydroxylation sites is 1. The van der Waals surface area contributed by atoms with Crippen molar-refractivity contribution in [1.29, 1.82) is 0 Å². The van der Waals surface area contributed by atoms with E-state index in [2.05, 4.69) is 19.2 Å². The molecule has 0 unspecified atom stereocenters. The monoisotopic (exact) mass is 480 g/mol. The minimum absolute atomic E-state index is 0.187. The number of aryl methyl sites for hydroxylation is 1. The molecule has 0 bridgehead atoms. The van der Waals surface area contributed by atoms with E-state index in [0.717, 1.165) is 22.4 Å². The van der Waals surface area contributed by atoms with Crippen LogP contribution in [-0.2, 0) is 16.6 Å². The minimum atomic E-state index is -3.48. The van der Waals surface area contributed by atoms with Gasteiger partial charge in [0.15, 0.2) is 0 Å². The standard InChI is InChI=1S/C27H32N2O4S/c1-20(2)23-13-15-25(16-14-23)29(34(4,31)32)19-22-9-11-24(12-10-22)27(30)28-17-18-33-26-8-6-5-7-21(26)3/h5-16,20H,17-19H2,1-4H3,(H,28,30). The minimum Gasteiger partial charge on any atom is -0.491 e. The van der Waals surface area contributed by atoms with E-state index in [0.29, 0.717) is 30.3 Å². The van der Waals surface area contributed by atoms with Crippen LogP contribution in [0, 0.1) is 6.92 Å². The summed E-state index contributed by atoms with van der Waals surface area (Å²) in [7, 11) is -3.48. The molecule has 0 fully saturated rings. The molecule has 0 heterocycles. The van der Waals surface area contributed by atoms with Gasteiger partial charge in [-0.15, -0.1) is 0 Å². The van der Waals surface area contributed by atoms with E-state index in [1.807, 2.05) is 55.5 Å². The number of ether oxygens (including phenoxy) is 1. The quantitative estimate of drug-likeness (QED) is 0.419. The molecule has 3 rings (SSSR count). The van der Waals surface area contributed by atoms with Gasteiger partial charge < -0.3 is 10.1 Å². The van der Waals surface area contributed by atoms with Crippen molar-refractivity contribution in [1.82, 2.24) is 5.32 Å². The molecule has 0 aliphatic rings. The highest BCUT2D eigenvalue weighted by Gasteiger charge is 2.18. The third-order valence-electron chi connectivity index (χ3n) is 5.53. The zero-order valence-electron chi connectivity index (χ0n) is 20.1. The summed E-state index contributed by atoms with van der Waals surface area (Å²) in [4.78, 5) is 12.5. The Morgan fingerprint density at radius 3 is 2.21 bits per heavy atom. The molecule has 0 aromatic heterocycles. The summed E-state index contributed by atoms with van der Waals surface area (Å²) in [6, 6.07) is 22.3. The molecule has 3 aromatic rings. The van der Waals surface area contributed by atoms with E-state index in [1.165, 1.54) is 10.6 Å². The number of carbonyl (C=O) groups is 1. The lowest BCUT2D eigenvalue weighted by atomic mass is 10.0. The largest absolute Gasteiger partial charge is 0.491 e. The number of nitrogens with zero attached hydrogens (tertiary/aromatic N) is 1. The van der Waals surface area contributed by atoms with Crippen molar-refractivity contribution < 1.29 is 17.9 Å². The molecule has 0 saturated carbocycles. The number of rotatable bonds is 10. The number of anilines is 1. The van der Waals surface area contributed by atoms with Gasteiger partial charge in [0.25, 0.3) is 5.91 Å². The second-order valence-corrected chi connectivity index (χ2v) is 10.5. The fourth-order valence-electron chi connectivity index (χ4n) is 3.50. The van der Waals surface area contributed by atoms with Gasteiger partial charge in [-0.05, 0) is 59.9 Å². The number of amides is 1. The molecule has 3 aromatic carbocycles. The number of hydrogen-bond acceptors (Lipinski definition) is 4. The van der Waals surface area contributed by atoms with Gasteiger partial charge in [-0.25, -0.2) is 8.42 Å². The lowest BCUT2D eigenvalue weighted by Crippen LogP contribution is -2.29. The Kier molecular flexibility index (Phi) is 8.34. The van der Waals surface area contributed by atoms with Gasteiger partial charge in [-0.3, -0.25) is 9.10 Å². The molecule has 1 N–H and O–H groups in total. The van der Waals surface area contributed by atoms with Crippen LogP contribution < -0.4 is 14.4 Å². The Balaban J connectivity index is 1.59. The summed E-state index contributed by atoms with van der Waals surface area (Å²) < 4.78 is 32.0. The molecule has 7 heteroatoms. The Hall–Kier alpha value is -3.32. The molecule has 180 valence electrons. The van der Waals surface area contributed by atoms with Crippen LogP contribution in [-0.4, -0.2) is 33.7 Å². The predicted octanol–water partition coefficient (Wildman–Crippen LogP) is 4.89. The fourth-order valence-corrected chi connectivity index (χ4v) is 4.39. The summed E-state index contributed by atoms with van der Waals surface area (Å²) in [5.41, 5.74) is 4.10. The predicted molar refractivity (Wildman–Crippen MR) is 137 cm³/mol. The molecule has 1 amide bonds. The molecule has 6 nitrogen and oxygen atoms in total. The summed E-state index contributed by atoms with van der Waals surface area (Å²) in [6.07, 6.45) is 1.20. The van der Waals surface area contributed by atoms with E-state index in [-0.39, 0.29) is 12.5 Å². The second-order valence-electron chi connectivity index (χ2n) is 8.58. The second kappa shape index (κ2) is 11.2. The van der Waals surface area contributed by atoms with Crippen molar-refractivity contribution in [3.8, 4) is 5.75 Å². The van der Waals surface area contributed by atoms with Gasteiger partial charge in [0.1, 0.15) is 12.4 Å². The molecule has 0 spiro atoms. The zero-order chi connectivity index (χ0) is 24.7. The number of benzene rings is 3. The average Bonchev–Trinajstić information content (AvgIpc) is 2.81. The Morgan fingerprint density at radius 1 is 0.971 bits per heavy atom. The highest BCUT2D eigenvalue weighted by Crippen LogP contribution is 2.24. The molecular formula is C27H32N2O4S. The molecular weight excluding hydrogens is 448 g/mol. The molecule has 0 aliphatic carbocycles. The van der Waals surface area contributed by atoms with Gasteiger partial charge in [-0.1, -0.05) is 56.3 Å². The lowest BCUT2D eigenvalue weighted by molar-refractivity contribution is 0.0947. The zero-order valence-corrected chi connectivity index (χ0v) is 20.9. The van der Waals surface area contributed by atoms with Crippen LogP contribution in [0.1, 0.15) is 46.8 Å². The number of sulfonamides is 1. The van der Waals surface area contributed by atoms with Crippen LogP contribution in [0.5, 0.6) is 5.75 Å². The molecule has 0 atom stereocenters. The Bertz CT molecular complexity index is 1200. The highest BCUT2D eigenvalue weighted by molar-refractivity contribution is 7.92. The fraction of sp³-hybridized carbons (Fsp3) is 0.296. The topological polar surface area (TPSA) is 75.7 Å². The highest BCUT2D eigenvalue weighted by atomic mass is 32.2. The van der Waals surface area contributed by atoms with E-state index in [4.69, 9.17) is 4.74 Å². The van der Waals surface area contributed by atoms with Crippen LogP contribution >= 0.6 is 0 Å². The van der Waals surface area contributed by atoms with Crippen LogP contribution in [0.4, 0.5) is 5.69 Å². The normalized spacial score (nSPS) is 11.3. The average molecular weight is 481 g/mol. The Morgan fingerprint density at radius 2 is 1.62 bits per heavy atom. The first-order chi connectivity index (χ1) is 16.1. The van der Waals surface area contributed by atoms with Crippen molar-refractivity contribution in [3.63, 3.8) is 0 Å². The lowest BCUT2D eigenvalue weighted by Gasteiger charge is -2.23. The van der Waals surface area contributed by atoms with Crippen molar-refractivity contribution in [2.75, 3.05) is 23.7 Å². The third kappa shape index (κ3) is 6.84. The molecule has 0 aliphatic heterocycles. The van der Waals surface area contributed by atoms with E-state index in [1.54, 1.807) is 24.3 Å². The van der Waals surface area contributed by atoms with Crippen LogP contribution in [0.25, 0.3) is 0 Å². The summed E-state index contributed by atoms with van der Waals surface area (Å²) in [5, 5.41) is 2.84. The van der Waals surface area contributed by atoms with Gasteiger partial charge in [0.2, 0.25) is 10.0 Å². The first-order valence-electron chi connectivity index (χ1n) is 11.3. The molecule has 0 saturated heterocycles. The number of nitrogens with one attached hydrogen (secondary N) is 1. The summed E-state index contributed by atoms with van der Waals surface area (Å²) in [6.45, 7) is 7.10. The third-order valence-corrected chi connectivity index (χ3v) is 6.67. The van der Waals surface area contributed by atoms with Crippen molar-refractivity contribution in [2.24, 2.45) is 0 Å². The van der Waals surface area contributed by atoms with Gasteiger partial charge in [0.05, 0.1) is 25.0 Å². The van der Waals surface area contributed by atoms with E-state index in [9.17, 15) is 13.2 Å². The maximum Gasteiger partial charge on any atom is 0.251 e. The molecule has 0 radical (unpaired) electrons. The van der Waals surface area contributed by atoms with Crippen LogP contribution in [0.3, 0.4) is 0 Å². The van der Waals surface area contributed by atoms with Gasteiger partial charge in [-0.2, -0.15) is 0 Å².